The molecular formula is C12H16BrClN2O3S. The molecule has 1 aliphatic carbocycles. The summed E-state index contributed by atoms with van der Waals surface area (Å²) in [5.41, 5.74) is 0. The van der Waals surface area contributed by atoms with E-state index in [-0.39, 0.29) is 10.0 Å². The molecule has 0 spiro atoms. The largest absolute Gasteiger partial charge is 0.391 e. The van der Waals surface area contributed by atoms with Crippen LogP contribution in [0.25, 0.3) is 0 Å². The van der Waals surface area contributed by atoms with E-state index in [0.29, 0.717) is 17.3 Å². The zero-order valence-corrected chi connectivity index (χ0v) is 13.9. The molecule has 0 radical (unpaired) electrons. The lowest BCUT2D eigenvalue weighted by Crippen LogP contribution is -2.42. The molecule has 2 rings (SSSR count). The lowest BCUT2D eigenvalue weighted by molar-refractivity contribution is 0.130. The molecule has 2 atom stereocenters. The summed E-state index contributed by atoms with van der Waals surface area (Å²) in [5, 5.41) is 9.92. The Bertz CT molecular complexity index is 582. The van der Waals surface area contributed by atoms with Gasteiger partial charge in [0.2, 0.25) is 10.0 Å². The van der Waals surface area contributed by atoms with Gasteiger partial charge in [0, 0.05) is 16.7 Å². The molecule has 112 valence electrons. The minimum atomic E-state index is -3.80. The van der Waals surface area contributed by atoms with Crippen LogP contribution in [0.5, 0.6) is 0 Å². The quantitative estimate of drug-likeness (QED) is 0.621. The summed E-state index contributed by atoms with van der Waals surface area (Å²) in [7, 11) is -3.80. The first kappa shape index (κ1) is 16.2. The number of aromatic nitrogens is 1. The smallest absolute Gasteiger partial charge is 0.244 e. The maximum Gasteiger partial charge on any atom is 0.244 e. The number of nitrogens with zero attached hydrogens (tertiary/aromatic N) is 1. The van der Waals surface area contributed by atoms with Crippen LogP contribution in [0.1, 0.15) is 32.1 Å². The van der Waals surface area contributed by atoms with Crippen molar-refractivity contribution in [3.63, 3.8) is 0 Å². The van der Waals surface area contributed by atoms with Gasteiger partial charge in [-0.3, -0.25) is 0 Å². The Morgan fingerprint density at radius 3 is 2.80 bits per heavy atom. The predicted molar refractivity (Wildman–Crippen MR) is 80.1 cm³/mol. The second kappa shape index (κ2) is 6.70. The van der Waals surface area contributed by atoms with Crippen molar-refractivity contribution in [1.82, 2.24) is 9.71 Å². The lowest BCUT2D eigenvalue weighted by Gasteiger charge is -2.21. The van der Waals surface area contributed by atoms with Crippen molar-refractivity contribution >= 4 is 37.6 Å². The molecule has 1 aromatic heterocycles. The van der Waals surface area contributed by atoms with E-state index in [1.54, 1.807) is 0 Å². The lowest BCUT2D eigenvalue weighted by atomic mass is 10.1. The average Bonchev–Trinajstić information content (AvgIpc) is 2.57. The molecule has 0 saturated heterocycles. The summed E-state index contributed by atoms with van der Waals surface area (Å²) in [6.07, 6.45) is 4.83. The molecule has 0 amide bonds. The van der Waals surface area contributed by atoms with Crippen molar-refractivity contribution < 1.29 is 13.5 Å². The Hall–Kier alpha value is -0.210. The SMILES string of the molecule is O=S(=O)(NC1CCCCCC1O)c1cc(Br)cnc1Cl. The molecular weight excluding hydrogens is 368 g/mol. The summed E-state index contributed by atoms with van der Waals surface area (Å²) in [6.45, 7) is 0. The second-order valence-electron chi connectivity index (χ2n) is 4.88. The Labute approximate surface area is 131 Å². The molecule has 0 aliphatic heterocycles. The molecule has 1 aromatic rings. The van der Waals surface area contributed by atoms with Gasteiger partial charge in [-0.05, 0) is 34.8 Å². The standard InChI is InChI=1S/C12H16BrClN2O3S/c13-8-6-11(12(14)15-7-8)20(18,19)16-9-4-2-1-3-5-10(9)17/h6-7,9-10,16-17H,1-5H2. The summed E-state index contributed by atoms with van der Waals surface area (Å²) >= 11 is 9.03. The number of aliphatic hydroxyl groups excluding tert-OH is 1. The third kappa shape index (κ3) is 3.92. The zero-order valence-electron chi connectivity index (χ0n) is 10.7. The normalized spacial score (nSPS) is 24.4. The van der Waals surface area contributed by atoms with Gasteiger partial charge < -0.3 is 5.11 Å². The fourth-order valence-corrected chi connectivity index (χ4v) is 4.53. The fourth-order valence-electron chi connectivity index (χ4n) is 2.28. The number of nitrogens with one attached hydrogen (secondary N) is 1. The van der Waals surface area contributed by atoms with Gasteiger partial charge in [-0.1, -0.05) is 30.9 Å². The van der Waals surface area contributed by atoms with Gasteiger partial charge in [0.15, 0.2) is 0 Å². The molecule has 2 unspecified atom stereocenters. The van der Waals surface area contributed by atoms with Gasteiger partial charge in [0.1, 0.15) is 10.0 Å². The summed E-state index contributed by atoms with van der Waals surface area (Å²) in [4.78, 5) is 3.73. The van der Waals surface area contributed by atoms with Crippen LogP contribution in [-0.4, -0.2) is 30.7 Å². The van der Waals surface area contributed by atoms with Crippen LogP contribution in [0.4, 0.5) is 0 Å². The third-order valence-electron chi connectivity index (χ3n) is 3.35. The van der Waals surface area contributed by atoms with E-state index in [1.807, 2.05) is 0 Å². The Kier molecular flexibility index (Phi) is 5.42. The van der Waals surface area contributed by atoms with E-state index in [0.717, 1.165) is 19.3 Å². The molecule has 1 aliphatic rings. The molecule has 1 saturated carbocycles. The fraction of sp³-hybridized carbons (Fsp3) is 0.583. The maximum absolute atomic E-state index is 12.4. The van der Waals surface area contributed by atoms with Crippen LogP contribution < -0.4 is 4.72 Å². The number of hydrogen-bond donors (Lipinski definition) is 2. The van der Waals surface area contributed by atoms with Gasteiger partial charge in [0.05, 0.1) is 6.10 Å². The van der Waals surface area contributed by atoms with Crippen molar-refractivity contribution in [3.05, 3.63) is 21.9 Å². The predicted octanol–water partition coefficient (Wildman–Crippen LogP) is 2.47. The number of aliphatic hydroxyl groups is 1. The first-order valence-electron chi connectivity index (χ1n) is 6.41. The number of hydrogen-bond acceptors (Lipinski definition) is 4. The molecule has 5 nitrogen and oxygen atoms in total. The first-order chi connectivity index (χ1) is 9.40. The molecule has 0 bridgehead atoms. The van der Waals surface area contributed by atoms with Crippen molar-refractivity contribution in [2.45, 2.75) is 49.1 Å². The molecule has 0 aromatic carbocycles. The monoisotopic (exact) mass is 382 g/mol. The topological polar surface area (TPSA) is 79.3 Å². The van der Waals surface area contributed by atoms with Crippen molar-refractivity contribution in [3.8, 4) is 0 Å². The van der Waals surface area contributed by atoms with Gasteiger partial charge in [-0.15, -0.1) is 0 Å². The number of sulfonamides is 1. The van der Waals surface area contributed by atoms with E-state index in [4.69, 9.17) is 11.6 Å². The van der Waals surface area contributed by atoms with Crippen LogP contribution >= 0.6 is 27.5 Å². The molecule has 1 fully saturated rings. The van der Waals surface area contributed by atoms with Gasteiger partial charge in [-0.2, -0.15) is 0 Å². The second-order valence-corrected chi connectivity index (χ2v) is 7.83. The van der Waals surface area contributed by atoms with Crippen molar-refractivity contribution in [2.24, 2.45) is 0 Å². The highest BCUT2D eigenvalue weighted by molar-refractivity contribution is 9.10. The zero-order chi connectivity index (χ0) is 14.8. The average molecular weight is 384 g/mol. The van der Waals surface area contributed by atoms with Crippen LogP contribution in [0.2, 0.25) is 5.15 Å². The summed E-state index contributed by atoms with van der Waals surface area (Å²) in [6, 6.07) is 0.929. The minimum absolute atomic E-state index is 0.0787. The van der Waals surface area contributed by atoms with Crippen molar-refractivity contribution in [2.75, 3.05) is 0 Å². The minimum Gasteiger partial charge on any atom is -0.391 e. The van der Waals surface area contributed by atoms with E-state index >= 15 is 0 Å². The van der Waals surface area contributed by atoms with E-state index in [1.165, 1.54) is 12.3 Å². The molecule has 20 heavy (non-hydrogen) atoms. The first-order valence-corrected chi connectivity index (χ1v) is 9.07. The third-order valence-corrected chi connectivity index (χ3v) is 5.70. The van der Waals surface area contributed by atoms with Gasteiger partial charge >= 0.3 is 0 Å². The number of rotatable bonds is 3. The van der Waals surface area contributed by atoms with Crippen molar-refractivity contribution in [1.29, 1.82) is 0 Å². The van der Waals surface area contributed by atoms with E-state index < -0.39 is 22.2 Å². The Morgan fingerprint density at radius 1 is 1.35 bits per heavy atom. The highest BCUT2D eigenvalue weighted by atomic mass is 79.9. The molecule has 2 N–H and O–H groups in total. The molecule has 8 heteroatoms. The van der Waals surface area contributed by atoms with Gasteiger partial charge in [0.25, 0.3) is 0 Å². The number of halogens is 2. The highest BCUT2D eigenvalue weighted by Gasteiger charge is 2.28. The maximum atomic E-state index is 12.4. The summed E-state index contributed by atoms with van der Waals surface area (Å²) in [5.74, 6) is 0. The highest BCUT2D eigenvalue weighted by Crippen LogP contribution is 2.25. The Balaban J connectivity index is 2.24. The Morgan fingerprint density at radius 2 is 2.05 bits per heavy atom. The summed E-state index contributed by atoms with van der Waals surface area (Å²) < 4.78 is 27.8. The van der Waals surface area contributed by atoms with Crippen LogP contribution in [0, 0.1) is 0 Å². The number of pyridine rings is 1. The van der Waals surface area contributed by atoms with E-state index in [2.05, 4.69) is 25.6 Å². The molecule has 1 heterocycles. The van der Waals surface area contributed by atoms with E-state index in [9.17, 15) is 13.5 Å². The van der Waals surface area contributed by atoms with Gasteiger partial charge in [-0.25, -0.2) is 18.1 Å². The van der Waals surface area contributed by atoms with Crippen LogP contribution in [0.3, 0.4) is 0 Å². The van der Waals surface area contributed by atoms with Crippen LogP contribution in [0.15, 0.2) is 21.6 Å². The van der Waals surface area contributed by atoms with Crippen LogP contribution in [-0.2, 0) is 10.0 Å².